The molecule has 0 spiro atoms. The third-order valence-corrected chi connectivity index (χ3v) is 1.41. The summed E-state index contributed by atoms with van der Waals surface area (Å²) in [5.74, 6) is 0. The standard InChI is InChI=1S/C8H12NO2.H2O4S/c10-7-8(11)6-9-4-2-1-3-5-9;1-5(2,3)4/h1-5,8,10-11H,6-7H2;(H2,1,2,3,4)/q+1;/p-1. The van der Waals surface area contributed by atoms with Crippen LogP contribution in [0.1, 0.15) is 1.43 Å². The van der Waals surface area contributed by atoms with Gasteiger partial charge in [-0.15, -0.1) is 0 Å². The molecular weight excluding hydrogens is 238 g/mol. The van der Waals surface area contributed by atoms with Crippen molar-refractivity contribution in [3.8, 4) is 0 Å². The van der Waals surface area contributed by atoms with E-state index >= 15 is 0 Å². The van der Waals surface area contributed by atoms with Crippen LogP contribution in [0.25, 0.3) is 0 Å². The maximum atomic E-state index is 9.04. The Labute approximate surface area is 94.7 Å². The van der Waals surface area contributed by atoms with E-state index in [4.69, 9.17) is 27.7 Å². The number of hydrogen-bond acceptors (Lipinski definition) is 6. The van der Waals surface area contributed by atoms with Gasteiger partial charge in [0, 0.05) is 22.5 Å². The summed E-state index contributed by atoms with van der Waals surface area (Å²) < 4.78 is 35.9. The lowest BCUT2D eigenvalue weighted by molar-refractivity contribution is -0.703. The smallest absolute Gasteiger partial charge is 0.759 e. The fourth-order valence-corrected chi connectivity index (χ4v) is 0.857. The van der Waals surface area contributed by atoms with Gasteiger partial charge in [-0.05, 0) is 0 Å². The van der Waals surface area contributed by atoms with Crippen molar-refractivity contribution in [3.63, 3.8) is 0 Å². The molecule has 1 aromatic rings. The second-order valence-electron chi connectivity index (χ2n) is 2.82. The van der Waals surface area contributed by atoms with Gasteiger partial charge in [0.1, 0.15) is 6.10 Å². The van der Waals surface area contributed by atoms with E-state index < -0.39 is 16.5 Å². The van der Waals surface area contributed by atoms with Gasteiger partial charge in [-0.3, -0.25) is 8.42 Å². The molecule has 0 aliphatic heterocycles. The van der Waals surface area contributed by atoms with Crippen LogP contribution in [-0.4, -0.2) is 40.4 Å². The third kappa shape index (κ3) is 11.0. The number of nitrogens with zero attached hydrogens (tertiary/aromatic N) is 1. The molecule has 0 saturated heterocycles. The molecular formula is C8H13NO6S. The van der Waals surface area contributed by atoms with Crippen LogP contribution >= 0.6 is 0 Å². The van der Waals surface area contributed by atoms with Gasteiger partial charge in [0.05, 0.1) is 6.61 Å². The highest BCUT2D eigenvalue weighted by Gasteiger charge is 2.07. The van der Waals surface area contributed by atoms with Crippen molar-refractivity contribution in [2.45, 2.75) is 12.6 Å². The second kappa shape index (κ2) is 7.25. The van der Waals surface area contributed by atoms with Gasteiger partial charge < -0.3 is 19.3 Å². The van der Waals surface area contributed by atoms with Crippen LogP contribution in [0.15, 0.2) is 30.6 Å². The lowest BCUT2D eigenvalue weighted by Crippen LogP contribution is -2.40. The molecule has 0 aliphatic carbocycles. The molecule has 7 nitrogen and oxygen atoms in total. The Morgan fingerprint density at radius 2 is 1.69 bits per heavy atom. The van der Waals surface area contributed by atoms with Crippen LogP contribution in [-0.2, 0) is 16.9 Å². The minimum atomic E-state index is -5.17. The van der Waals surface area contributed by atoms with Crippen LogP contribution < -0.4 is 4.57 Å². The fourth-order valence-electron chi connectivity index (χ4n) is 0.857. The summed E-state index contributed by atoms with van der Waals surface area (Å²) in [6.45, 7) is 0.249. The van der Waals surface area contributed by atoms with E-state index in [9.17, 15) is 0 Å². The molecule has 0 radical (unpaired) electrons. The highest BCUT2D eigenvalue weighted by molar-refractivity contribution is 7.79. The molecule has 0 saturated carbocycles. The molecule has 0 bridgehead atoms. The molecule has 0 aliphatic rings. The third-order valence-electron chi connectivity index (χ3n) is 1.41. The minimum Gasteiger partial charge on any atom is -0.759 e. The summed E-state index contributed by atoms with van der Waals surface area (Å²) in [5.41, 5.74) is 0. The quantitative estimate of drug-likeness (QED) is 0.367. The average Bonchev–Trinajstić information content (AvgIpc) is 2.16. The van der Waals surface area contributed by atoms with Crippen LogP contribution in [0.5, 0.6) is 0 Å². The van der Waals surface area contributed by atoms with Crippen molar-refractivity contribution in [2.75, 3.05) is 6.61 Å². The summed E-state index contributed by atoms with van der Waals surface area (Å²) in [6, 6.07) is 5.66. The molecule has 92 valence electrons. The average molecular weight is 251 g/mol. The van der Waals surface area contributed by atoms with Crippen molar-refractivity contribution < 1.29 is 33.7 Å². The number of aliphatic hydroxyl groups excluding tert-OH is 2. The maximum Gasteiger partial charge on any atom is 1.00 e. The topological polar surface area (TPSA) is 125 Å². The van der Waals surface area contributed by atoms with Crippen LogP contribution in [0, 0.1) is 0 Å². The first kappa shape index (κ1) is 14.9. The van der Waals surface area contributed by atoms with Crippen LogP contribution in [0.2, 0.25) is 0 Å². The van der Waals surface area contributed by atoms with Gasteiger partial charge in [0.15, 0.2) is 18.9 Å². The van der Waals surface area contributed by atoms with E-state index in [1.807, 2.05) is 35.2 Å². The molecule has 1 aromatic heterocycles. The van der Waals surface area contributed by atoms with Crippen molar-refractivity contribution >= 4 is 10.4 Å². The van der Waals surface area contributed by atoms with Gasteiger partial charge in [-0.25, -0.2) is 4.57 Å². The fraction of sp³-hybridized carbons (Fsp3) is 0.375. The van der Waals surface area contributed by atoms with E-state index in [-0.39, 0.29) is 8.03 Å². The van der Waals surface area contributed by atoms with E-state index in [0.717, 1.165) is 0 Å². The molecule has 2 N–H and O–H groups in total. The van der Waals surface area contributed by atoms with Crippen molar-refractivity contribution in [2.24, 2.45) is 0 Å². The lowest BCUT2D eigenvalue weighted by atomic mass is 10.3. The lowest BCUT2D eigenvalue weighted by Gasteiger charge is -2.06. The Hall–Kier alpha value is -1.06. The molecule has 8 heteroatoms. The zero-order valence-electron chi connectivity index (χ0n) is 9.26. The Morgan fingerprint density at radius 3 is 2.06 bits per heavy atom. The first-order valence-electron chi connectivity index (χ1n) is 4.22. The zero-order chi connectivity index (χ0) is 12.6. The van der Waals surface area contributed by atoms with Gasteiger partial charge in [-0.2, -0.15) is 0 Å². The normalized spacial score (nSPS) is 12.5. The van der Waals surface area contributed by atoms with E-state index in [1.54, 1.807) is 0 Å². The SMILES string of the molecule is O=S(=O)([O-])[O-].OCC(O)C[n+]1ccccc1.[H+]. The van der Waals surface area contributed by atoms with Crippen molar-refractivity contribution in [1.82, 2.24) is 0 Å². The zero-order valence-corrected chi connectivity index (χ0v) is 9.08. The van der Waals surface area contributed by atoms with Crippen LogP contribution in [0.3, 0.4) is 0 Å². The van der Waals surface area contributed by atoms with Gasteiger partial charge in [0.25, 0.3) is 0 Å². The highest BCUT2D eigenvalue weighted by Crippen LogP contribution is 1.82. The summed E-state index contributed by atoms with van der Waals surface area (Å²) in [4.78, 5) is 0. The van der Waals surface area contributed by atoms with Crippen molar-refractivity contribution in [3.05, 3.63) is 30.6 Å². The molecule has 1 rings (SSSR count). The molecule has 1 unspecified atom stereocenters. The number of rotatable bonds is 3. The highest BCUT2D eigenvalue weighted by atomic mass is 32.3. The number of pyridine rings is 1. The predicted molar refractivity (Wildman–Crippen MR) is 51.3 cm³/mol. The largest absolute Gasteiger partial charge is 1.00 e. The molecule has 16 heavy (non-hydrogen) atoms. The number of hydrogen-bond donors (Lipinski definition) is 2. The minimum absolute atomic E-state index is 0. The van der Waals surface area contributed by atoms with Gasteiger partial charge >= 0.3 is 1.43 Å². The Morgan fingerprint density at radius 1 is 1.25 bits per heavy atom. The van der Waals surface area contributed by atoms with Crippen molar-refractivity contribution in [1.29, 1.82) is 0 Å². The Kier molecular flexibility index (Phi) is 6.77. The molecule has 0 fully saturated rings. The number of aliphatic hydroxyl groups is 2. The maximum absolute atomic E-state index is 9.04. The van der Waals surface area contributed by atoms with E-state index in [0.29, 0.717) is 6.54 Å². The Bertz CT molecular complexity index is 376. The molecule has 0 amide bonds. The number of aromatic nitrogens is 1. The molecule has 1 heterocycles. The summed E-state index contributed by atoms with van der Waals surface area (Å²) in [6.07, 6.45) is 3.03. The van der Waals surface area contributed by atoms with E-state index in [2.05, 4.69) is 0 Å². The van der Waals surface area contributed by atoms with Gasteiger partial charge in [-0.1, -0.05) is 6.07 Å². The van der Waals surface area contributed by atoms with Crippen LogP contribution in [0.4, 0.5) is 0 Å². The first-order valence-corrected chi connectivity index (χ1v) is 5.56. The summed E-state index contributed by atoms with van der Waals surface area (Å²) in [7, 11) is -5.17. The first-order chi connectivity index (χ1) is 7.33. The second-order valence-corrected chi connectivity index (χ2v) is 3.63. The molecule has 0 aromatic carbocycles. The van der Waals surface area contributed by atoms with E-state index in [1.165, 1.54) is 0 Å². The summed E-state index contributed by atoms with van der Waals surface area (Å²) >= 11 is 0. The predicted octanol–water partition coefficient (Wildman–Crippen LogP) is -1.90. The van der Waals surface area contributed by atoms with Gasteiger partial charge in [0.2, 0.25) is 0 Å². The molecule has 1 atom stereocenters. The summed E-state index contributed by atoms with van der Waals surface area (Å²) in [5, 5.41) is 17.6. The monoisotopic (exact) mass is 251 g/mol. The Balaban J connectivity index is 0.